The number of fused-ring (bicyclic) bond motifs is 5. The predicted molar refractivity (Wildman–Crippen MR) is 110 cm³/mol. The molecule has 3 aromatic carbocycles. The van der Waals surface area contributed by atoms with E-state index in [1.165, 1.54) is 0 Å². The maximum atomic E-state index is 13.0. The number of ether oxygens (including phenoxy) is 2. The number of anilines is 1. The van der Waals surface area contributed by atoms with Crippen molar-refractivity contribution in [2.75, 3.05) is 4.90 Å². The third kappa shape index (κ3) is 2.73. The number of nitrogens with zero attached hydrogens (tertiary/aromatic N) is 1. The van der Waals surface area contributed by atoms with Crippen LogP contribution in [-0.4, -0.2) is 11.2 Å². The van der Waals surface area contributed by atoms with E-state index in [9.17, 15) is 9.90 Å². The average molecular weight is 408 g/mol. The molecule has 1 amide bonds. The highest BCUT2D eigenvalue weighted by Crippen LogP contribution is 2.55. The van der Waals surface area contributed by atoms with Gasteiger partial charge in [-0.15, -0.1) is 0 Å². The van der Waals surface area contributed by atoms with Gasteiger partial charge in [0.1, 0.15) is 17.5 Å². The molecule has 2 heterocycles. The highest BCUT2D eigenvalue weighted by molar-refractivity contribution is 6.31. The number of amides is 1. The van der Waals surface area contributed by atoms with Gasteiger partial charge >= 0.3 is 6.09 Å². The van der Waals surface area contributed by atoms with Crippen LogP contribution in [-0.2, 0) is 4.74 Å². The molecular formula is C23H18ClNO4. The second kappa shape index (κ2) is 6.42. The van der Waals surface area contributed by atoms with Crippen molar-refractivity contribution < 1.29 is 19.4 Å². The van der Waals surface area contributed by atoms with Crippen LogP contribution in [0.1, 0.15) is 34.4 Å². The van der Waals surface area contributed by atoms with Crippen LogP contribution >= 0.6 is 11.6 Å². The molecule has 0 radical (unpaired) electrons. The Morgan fingerprint density at radius 1 is 1.03 bits per heavy atom. The van der Waals surface area contributed by atoms with Crippen LogP contribution < -0.4 is 9.64 Å². The van der Waals surface area contributed by atoms with Crippen molar-refractivity contribution in [1.29, 1.82) is 0 Å². The van der Waals surface area contributed by atoms with Crippen molar-refractivity contribution in [2.45, 2.75) is 26.0 Å². The van der Waals surface area contributed by atoms with E-state index in [1.807, 2.05) is 44.2 Å². The van der Waals surface area contributed by atoms with E-state index in [-0.39, 0.29) is 5.75 Å². The lowest BCUT2D eigenvalue weighted by Crippen LogP contribution is -2.27. The Balaban J connectivity index is 1.77. The fraction of sp³-hybridized carbons (Fsp3) is 0.174. The molecule has 1 saturated heterocycles. The minimum Gasteiger partial charge on any atom is -0.508 e. The SMILES string of the molecule is Cc1cc(C)c(C2OC(=O)N3c4cc(Cl)ccc4Oc4ccccc4[C@@H]23)c(O)c1. The van der Waals surface area contributed by atoms with Gasteiger partial charge in [-0.1, -0.05) is 35.9 Å². The third-order valence-electron chi connectivity index (χ3n) is 5.42. The zero-order chi connectivity index (χ0) is 20.3. The zero-order valence-electron chi connectivity index (χ0n) is 15.8. The lowest BCUT2D eigenvalue weighted by molar-refractivity contribution is 0.130. The smallest absolute Gasteiger partial charge is 0.415 e. The van der Waals surface area contributed by atoms with Gasteiger partial charge in [-0.2, -0.15) is 0 Å². The highest BCUT2D eigenvalue weighted by atomic mass is 35.5. The number of carbonyl (C=O) groups excluding carboxylic acids is 1. The molecule has 2 aliphatic heterocycles. The lowest BCUT2D eigenvalue weighted by atomic mass is 9.90. The molecule has 146 valence electrons. The summed E-state index contributed by atoms with van der Waals surface area (Å²) >= 11 is 6.23. The summed E-state index contributed by atoms with van der Waals surface area (Å²) in [6.07, 6.45) is -1.21. The van der Waals surface area contributed by atoms with Crippen LogP contribution in [0, 0.1) is 13.8 Å². The Morgan fingerprint density at radius 3 is 2.62 bits per heavy atom. The Kier molecular flexibility index (Phi) is 3.96. The number of aryl methyl sites for hydroxylation is 2. The molecule has 0 aromatic heterocycles. The molecule has 0 spiro atoms. The van der Waals surface area contributed by atoms with Crippen LogP contribution in [0.3, 0.4) is 0 Å². The normalized spacial score (nSPS) is 19.6. The van der Waals surface area contributed by atoms with Gasteiger partial charge in [0.15, 0.2) is 11.9 Å². The molecule has 5 rings (SSSR count). The van der Waals surface area contributed by atoms with Crippen LogP contribution in [0.5, 0.6) is 17.2 Å². The number of carbonyl (C=O) groups is 1. The van der Waals surface area contributed by atoms with Crippen molar-refractivity contribution in [3.05, 3.63) is 81.9 Å². The Labute approximate surface area is 173 Å². The molecule has 0 saturated carbocycles. The number of aromatic hydroxyl groups is 1. The van der Waals surface area contributed by atoms with Gasteiger partial charge in [0.25, 0.3) is 0 Å². The van der Waals surface area contributed by atoms with Gasteiger partial charge in [0.05, 0.1) is 5.69 Å². The van der Waals surface area contributed by atoms with Crippen molar-refractivity contribution in [1.82, 2.24) is 0 Å². The van der Waals surface area contributed by atoms with Gasteiger partial charge in [-0.3, -0.25) is 4.90 Å². The summed E-state index contributed by atoms with van der Waals surface area (Å²) in [5.41, 5.74) is 3.73. The first-order valence-corrected chi connectivity index (χ1v) is 9.68. The van der Waals surface area contributed by atoms with Gasteiger partial charge in [0, 0.05) is 16.1 Å². The highest BCUT2D eigenvalue weighted by Gasteiger charge is 2.49. The minimum atomic E-state index is -0.696. The molecule has 0 aliphatic carbocycles. The number of hydrogen-bond acceptors (Lipinski definition) is 4. The molecule has 1 unspecified atom stereocenters. The van der Waals surface area contributed by atoms with E-state index in [0.29, 0.717) is 27.8 Å². The number of cyclic esters (lactones) is 1. The number of phenols is 1. The van der Waals surface area contributed by atoms with Crippen molar-refractivity contribution >= 4 is 23.4 Å². The van der Waals surface area contributed by atoms with Crippen molar-refractivity contribution in [3.63, 3.8) is 0 Å². The average Bonchev–Trinajstić information content (AvgIpc) is 2.91. The first-order valence-electron chi connectivity index (χ1n) is 9.30. The summed E-state index contributed by atoms with van der Waals surface area (Å²) in [5, 5.41) is 11.2. The van der Waals surface area contributed by atoms with Crippen molar-refractivity contribution in [2.24, 2.45) is 0 Å². The van der Waals surface area contributed by atoms with E-state index in [2.05, 4.69) is 0 Å². The van der Waals surface area contributed by atoms with E-state index < -0.39 is 18.2 Å². The largest absolute Gasteiger partial charge is 0.508 e. The molecule has 3 aromatic rings. The van der Waals surface area contributed by atoms with Crippen LogP contribution in [0.15, 0.2) is 54.6 Å². The Hall–Kier alpha value is -3.18. The van der Waals surface area contributed by atoms with E-state index in [0.717, 1.165) is 16.7 Å². The molecule has 0 bridgehead atoms. The van der Waals surface area contributed by atoms with Gasteiger partial charge in [-0.05, 0) is 55.3 Å². The van der Waals surface area contributed by atoms with E-state index >= 15 is 0 Å². The van der Waals surface area contributed by atoms with Crippen LogP contribution in [0.2, 0.25) is 5.02 Å². The van der Waals surface area contributed by atoms with Crippen molar-refractivity contribution in [3.8, 4) is 17.2 Å². The number of hydrogen-bond donors (Lipinski definition) is 1. The fourth-order valence-electron chi connectivity index (χ4n) is 4.27. The molecular weight excluding hydrogens is 390 g/mol. The number of halogens is 1. The maximum absolute atomic E-state index is 13.0. The molecule has 29 heavy (non-hydrogen) atoms. The lowest BCUT2D eigenvalue weighted by Gasteiger charge is -2.25. The Bertz CT molecular complexity index is 1140. The maximum Gasteiger partial charge on any atom is 0.415 e. The van der Waals surface area contributed by atoms with Crippen LogP contribution in [0.25, 0.3) is 0 Å². The monoisotopic (exact) mass is 407 g/mol. The second-order valence-electron chi connectivity index (χ2n) is 7.39. The first-order chi connectivity index (χ1) is 13.9. The topological polar surface area (TPSA) is 59.0 Å². The Morgan fingerprint density at radius 2 is 1.83 bits per heavy atom. The minimum absolute atomic E-state index is 0.108. The molecule has 2 atom stereocenters. The predicted octanol–water partition coefficient (Wildman–Crippen LogP) is 6.21. The second-order valence-corrected chi connectivity index (χ2v) is 7.82. The summed E-state index contributed by atoms with van der Waals surface area (Å²) in [6.45, 7) is 3.82. The summed E-state index contributed by atoms with van der Waals surface area (Å²) < 4.78 is 12.0. The number of phenolic OH excluding ortho intramolecular Hbond substituents is 1. The third-order valence-corrected chi connectivity index (χ3v) is 5.66. The standard InChI is InChI=1S/C23H18ClNO4/c1-12-9-13(2)20(17(26)10-12)22-21-15-5-3-4-6-18(15)28-19-8-7-14(24)11-16(19)25(21)23(27)29-22/h3-11,21-22,26H,1-2H3/t21-,22?/m0/s1. The van der Waals surface area contributed by atoms with E-state index in [4.69, 9.17) is 21.1 Å². The summed E-state index contributed by atoms with van der Waals surface area (Å²) in [4.78, 5) is 14.6. The first kappa shape index (κ1) is 17.9. The molecule has 1 N–H and O–H groups in total. The summed E-state index contributed by atoms with van der Waals surface area (Å²) in [6, 6.07) is 15.8. The number of rotatable bonds is 1. The zero-order valence-corrected chi connectivity index (χ0v) is 16.6. The van der Waals surface area contributed by atoms with Gasteiger partial charge < -0.3 is 14.6 Å². The molecule has 1 fully saturated rings. The molecule has 5 nitrogen and oxygen atoms in total. The van der Waals surface area contributed by atoms with Crippen LogP contribution in [0.4, 0.5) is 10.5 Å². The molecule has 2 aliphatic rings. The quantitative estimate of drug-likeness (QED) is 0.521. The van der Waals surface area contributed by atoms with Gasteiger partial charge in [0.2, 0.25) is 0 Å². The molecule has 6 heteroatoms. The number of benzene rings is 3. The van der Waals surface area contributed by atoms with Gasteiger partial charge in [-0.25, -0.2) is 4.79 Å². The summed E-state index contributed by atoms with van der Waals surface area (Å²) in [7, 11) is 0. The summed E-state index contributed by atoms with van der Waals surface area (Å²) in [5.74, 6) is 1.26. The number of para-hydroxylation sites is 1. The van der Waals surface area contributed by atoms with E-state index in [1.54, 1.807) is 29.2 Å². The fourth-order valence-corrected chi connectivity index (χ4v) is 4.44.